The van der Waals surface area contributed by atoms with E-state index in [0.29, 0.717) is 0 Å². The first-order valence-electron chi connectivity index (χ1n) is 5.07. The van der Waals surface area contributed by atoms with Gasteiger partial charge < -0.3 is 10.3 Å². The molecule has 0 atom stereocenters. The minimum atomic E-state index is 0.720. The van der Waals surface area contributed by atoms with Crippen LogP contribution in [-0.4, -0.2) is 19.4 Å². The van der Waals surface area contributed by atoms with Crippen molar-refractivity contribution in [1.82, 2.24) is 19.4 Å². The maximum absolute atomic E-state index is 4.23. The summed E-state index contributed by atoms with van der Waals surface area (Å²) in [6.07, 6.45) is 7.21. The predicted octanol–water partition coefficient (Wildman–Crippen LogP) is 1.67. The standard InChI is InChI=1S/C11H11N5/c1-2-10-13-4-5-16(10)11(3-1)14-7-9-6-12-8-15-9/h1-6,8,14H,7H2,(H,12,15). The number of H-pyrrole nitrogens is 1. The lowest BCUT2D eigenvalue weighted by Gasteiger charge is -2.07. The molecule has 16 heavy (non-hydrogen) atoms. The lowest BCUT2D eigenvalue weighted by Crippen LogP contribution is -2.03. The van der Waals surface area contributed by atoms with Gasteiger partial charge in [-0.05, 0) is 12.1 Å². The summed E-state index contributed by atoms with van der Waals surface area (Å²) in [7, 11) is 0. The van der Waals surface area contributed by atoms with Crippen LogP contribution in [0.2, 0.25) is 0 Å². The number of aromatic nitrogens is 4. The molecular weight excluding hydrogens is 202 g/mol. The van der Waals surface area contributed by atoms with Crippen molar-refractivity contribution in [1.29, 1.82) is 0 Å². The minimum Gasteiger partial charge on any atom is -0.366 e. The number of anilines is 1. The van der Waals surface area contributed by atoms with E-state index < -0.39 is 0 Å². The molecule has 0 spiro atoms. The van der Waals surface area contributed by atoms with Crippen molar-refractivity contribution >= 4 is 11.5 Å². The smallest absolute Gasteiger partial charge is 0.138 e. The van der Waals surface area contributed by atoms with Crippen molar-refractivity contribution < 1.29 is 0 Å². The van der Waals surface area contributed by atoms with Gasteiger partial charge in [-0.15, -0.1) is 0 Å². The van der Waals surface area contributed by atoms with Crippen LogP contribution in [0.3, 0.4) is 0 Å². The third-order valence-corrected chi connectivity index (χ3v) is 2.44. The Bertz CT molecular complexity index is 581. The van der Waals surface area contributed by atoms with Crippen molar-refractivity contribution in [2.75, 3.05) is 5.32 Å². The zero-order chi connectivity index (χ0) is 10.8. The summed E-state index contributed by atoms with van der Waals surface area (Å²) < 4.78 is 2.01. The summed E-state index contributed by atoms with van der Waals surface area (Å²) in [4.78, 5) is 11.3. The highest BCUT2D eigenvalue weighted by Gasteiger charge is 2.00. The van der Waals surface area contributed by atoms with Crippen LogP contribution < -0.4 is 5.32 Å². The Balaban J connectivity index is 1.86. The molecule has 5 nitrogen and oxygen atoms in total. The van der Waals surface area contributed by atoms with Crippen LogP contribution in [0.25, 0.3) is 5.65 Å². The van der Waals surface area contributed by atoms with Gasteiger partial charge in [0.2, 0.25) is 0 Å². The summed E-state index contributed by atoms with van der Waals surface area (Å²) in [5.74, 6) is 1.02. The van der Waals surface area contributed by atoms with E-state index in [0.717, 1.165) is 23.7 Å². The second-order valence-corrected chi connectivity index (χ2v) is 3.50. The number of aromatic amines is 1. The number of nitrogens with zero attached hydrogens (tertiary/aromatic N) is 3. The highest BCUT2D eigenvalue weighted by atomic mass is 15.1. The van der Waals surface area contributed by atoms with Crippen LogP contribution in [0.5, 0.6) is 0 Å². The van der Waals surface area contributed by atoms with Gasteiger partial charge in [0.15, 0.2) is 0 Å². The summed E-state index contributed by atoms with van der Waals surface area (Å²) in [5.41, 5.74) is 1.99. The summed E-state index contributed by atoms with van der Waals surface area (Å²) in [5, 5.41) is 3.33. The highest BCUT2D eigenvalue weighted by molar-refractivity contribution is 5.49. The second-order valence-electron chi connectivity index (χ2n) is 3.50. The SMILES string of the molecule is c1cc(NCc2cnc[nH]2)n2ccnc2c1. The van der Waals surface area contributed by atoms with Crippen LogP contribution in [0.4, 0.5) is 5.82 Å². The first kappa shape index (κ1) is 8.96. The fourth-order valence-corrected chi connectivity index (χ4v) is 1.66. The first-order chi connectivity index (χ1) is 7.93. The molecule has 0 saturated carbocycles. The van der Waals surface area contributed by atoms with Gasteiger partial charge in [-0.2, -0.15) is 0 Å². The molecule has 0 aromatic carbocycles. The molecule has 0 radical (unpaired) electrons. The largest absolute Gasteiger partial charge is 0.366 e. The van der Waals surface area contributed by atoms with Crippen LogP contribution in [-0.2, 0) is 6.54 Å². The molecule has 3 heterocycles. The number of nitrogens with one attached hydrogen (secondary N) is 2. The average Bonchev–Trinajstić information content (AvgIpc) is 2.97. The molecule has 3 aromatic rings. The quantitative estimate of drug-likeness (QED) is 0.695. The Morgan fingerprint density at radius 3 is 3.25 bits per heavy atom. The molecule has 2 N–H and O–H groups in total. The van der Waals surface area contributed by atoms with Crippen LogP contribution in [0, 0.1) is 0 Å². The maximum Gasteiger partial charge on any atom is 0.138 e. The number of fused-ring (bicyclic) bond motifs is 1. The molecular formula is C11H11N5. The van der Waals surface area contributed by atoms with Crippen molar-refractivity contribution in [3.63, 3.8) is 0 Å². The fourth-order valence-electron chi connectivity index (χ4n) is 1.66. The normalized spacial score (nSPS) is 10.8. The van der Waals surface area contributed by atoms with Gasteiger partial charge in [0.05, 0.1) is 18.6 Å². The Hall–Kier alpha value is -2.30. The van der Waals surface area contributed by atoms with E-state index in [1.165, 1.54) is 0 Å². The highest BCUT2D eigenvalue weighted by Crippen LogP contribution is 2.11. The molecule has 0 aliphatic heterocycles. The van der Waals surface area contributed by atoms with Gasteiger partial charge in [-0.3, -0.25) is 4.40 Å². The molecule has 0 aliphatic rings. The van der Waals surface area contributed by atoms with E-state index in [9.17, 15) is 0 Å². The molecule has 0 saturated heterocycles. The van der Waals surface area contributed by atoms with E-state index in [4.69, 9.17) is 0 Å². The fraction of sp³-hybridized carbons (Fsp3) is 0.0909. The molecule has 0 amide bonds. The third kappa shape index (κ3) is 1.52. The van der Waals surface area contributed by atoms with Gasteiger partial charge in [0.25, 0.3) is 0 Å². The number of hydrogen-bond donors (Lipinski definition) is 2. The number of hydrogen-bond acceptors (Lipinski definition) is 3. The Kier molecular flexibility index (Phi) is 2.07. The number of imidazole rings is 2. The van der Waals surface area contributed by atoms with Gasteiger partial charge in [0.1, 0.15) is 11.5 Å². The van der Waals surface area contributed by atoms with E-state index in [1.807, 2.05) is 28.8 Å². The monoisotopic (exact) mass is 213 g/mol. The average molecular weight is 213 g/mol. The topological polar surface area (TPSA) is 58.0 Å². The van der Waals surface area contributed by atoms with E-state index >= 15 is 0 Å². The van der Waals surface area contributed by atoms with Crippen LogP contribution in [0.15, 0.2) is 43.1 Å². The van der Waals surface area contributed by atoms with Gasteiger partial charge in [-0.25, -0.2) is 9.97 Å². The molecule has 80 valence electrons. The summed E-state index contributed by atoms with van der Waals surface area (Å²) in [6, 6.07) is 5.98. The summed E-state index contributed by atoms with van der Waals surface area (Å²) in [6.45, 7) is 0.720. The molecule has 0 aliphatic carbocycles. The van der Waals surface area contributed by atoms with Crippen molar-refractivity contribution in [3.8, 4) is 0 Å². The van der Waals surface area contributed by atoms with Gasteiger partial charge in [-0.1, -0.05) is 6.07 Å². The summed E-state index contributed by atoms with van der Waals surface area (Å²) >= 11 is 0. The third-order valence-electron chi connectivity index (χ3n) is 2.44. The zero-order valence-corrected chi connectivity index (χ0v) is 8.59. The molecule has 3 rings (SSSR count). The van der Waals surface area contributed by atoms with Gasteiger partial charge >= 0.3 is 0 Å². The van der Waals surface area contributed by atoms with E-state index in [2.05, 4.69) is 20.3 Å². The van der Waals surface area contributed by atoms with Crippen molar-refractivity contribution in [2.45, 2.75) is 6.54 Å². The predicted molar refractivity (Wildman–Crippen MR) is 61.1 cm³/mol. The maximum atomic E-state index is 4.23. The number of pyridine rings is 1. The molecule has 5 heteroatoms. The molecule has 0 unspecified atom stereocenters. The van der Waals surface area contributed by atoms with Crippen molar-refractivity contribution in [2.24, 2.45) is 0 Å². The van der Waals surface area contributed by atoms with Crippen molar-refractivity contribution in [3.05, 3.63) is 48.8 Å². The lowest BCUT2D eigenvalue weighted by molar-refractivity contribution is 1.03. The lowest BCUT2D eigenvalue weighted by atomic mass is 10.4. The zero-order valence-electron chi connectivity index (χ0n) is 8.59. The van der Waals surface area contributed by atoms with E-state index in [-0.39, 0.29) is 0 Å². The second kappa shape index (κ2) is 3.69. The molecule has 0 fully saturated rings. The van der Waals surface area contributed by atoms with E-state index in [1.54, 1.807) is 18.7 Å². The van der Waals surface area contributed by atoms with Crippen LogP contribution >= 0.6 is 0 Å². The Labute approximate surface area is 92.2 Å². The molecule has 0 bridgehead atoms. The molecule has 3 aromatic heterocycles. The number of rotatable bonds is 3. The minimum absolute atomic E-state index is 0.720. The Morgan fingerprint density at radius 1 is 1.38 bits per heavy atom. The van der Waals surface area contributed by atoms with Gasteiger partial charge in [0, 0.05) is 18.6 Å². The Morgan fingerprint density at radius 2 is 2.38 bits per heavy atom. The first-order valence-corrected chi connectivity index (χ1v) is 5.07. The van der Waals surface area contributed by atoms with Crippen LogP contribution in [0.1, 0.15) is 5.69 Å².